The smallest absolute Gasteiger partial charge is 0.0947 e. The van der Waals surface area contributed by atoms with Crippen LogP contribution in [0.4, 0.5) is 0 Å². The van der Waals surface area contributed by atoms with E-state index in [-0.39, 0.29) is 0 Å². The van der Waals surface area contributed by atoms with Crippen molar-refractivity contribution >= 4 is 6.08 Å². The molecule has 0 spiro atoms. The molecule has 0 saturated heterocycles. The van der Waals surface area contributed by atoms with E-state index in [0.717, 1.165) is 24.4 Å². The van der Waals surface area contributed by atoms with Crippen molar-refractivity contribution in [3.05, 3.63) is 42.0 Å². The van der Waals surface area contributed by atoms with E-state index in [1.807, 2.05) is 0 Å². The molecule has 0 bridgehead atoms. The van der Waals surface area contributed by atoms with Crippen LogP contribution in [0.25, 0.3) is 6.08 Å². The van der Waals surface area contributed by atoms with Gasteiger partial charge in [0, 0.05) is 5.92 Å². The first-order valence-corrected chi connectivity index (χ1v) is 7.32. The molecule has 1 nitrogen and oxygen atoms in total. The fourth-order valence-corrected chi connectivity index (χ4v) is 2.98. The fourth-order valence-electron chi connectivity index (χ4n) is 2.98. The number of hydrogen-bond acceptors (Lipinski definition) is 0. The van der Waals surface area contributed by atoms with Crippen LogP contribution in [0.15, 0.2) is 36.4 Å². The molecule has 0 heterocycles. The highest BCUT2D eigenvalue weighted by molar-refractivity contribution is 5.48. The molecule has 18 heavy (non-hydrogen) atoms. The van der Waals surface area contributed by atoms with Crippen LogP contribution in [-0.2, 0) is 0 Å². The molecule has 1 aromatic rings. The Labute approximate surface area is 111 Å². The van der Waals surface area contributed by atoms with Gasteiger partial charge in [0.15, 0.2) is 0 Å². The molecule has 1 aliphatic rings. The average Bonchev–Trinajstić information content (AvgIpc) is 2.40. The van der Waals surface area contributed by atoms with Gasteiger partial charge in [0.1, 0.15) is 0 Å². The first-order chi connectivity index (χ1) is 8.77. The highest BCUT2D eigenvalue weighted by atomic mass is 14.9. The summed E-state index contributed by atoms with van der Waals surface area (Å²) in [5.74, 6) is 1.77. The Morgan fingerprint density at radius 1 is 1.17 bits per heavy atom. The Hall–Kier alpha value is -1.08. The van der Waals surface area contributed by atoms with E-state index in [9.17, 15) is 0 Å². The molecule has 1 aliphatic carbocycles. The summed E-state index contributed by atoms with van der Waals surface area (Å²) in [7, 11) is 0. The van der Waals surface area contributed by atoms with E-state index in [1.165, 1.54) is 24.8 Å². The maximum absolute atomic E-state index is 2.53. The van der Waals surface area contributed by atoms with Gasteiger partial charge >= 0.3 is 0 Å². The molecule has 1 fully saturated rings. The second-order valence-electron chi connectivity index (χ2n) is 5.72. The minimum atomic E-state index is 0.828. The second-order valence-corrected chi connectivity index (χ2v) is 5.72. The van der Waals surface area contributed by atoms with Crippen LogP contribution >= 0.6 is 0 Å². The van der Waals surface area contributed by atoms with Gasteiger partial charge in [-0.2, -0.15) is 0 Å². The van der Waals surface area contributed by atoms with E-state index in [1.54, 1.807) is 0 Å². The van der Waals surface area contributed by atoms with Gasteiger partial charge in [0.2, 0.25) is 0 Å². The van der Waals surface area contributed by atoms with E-state index in [0.29, 0.717) is 0 Å². The Kier molecular flexibility index (Phi) is 5.00. The summed E-state index contributed by atoms with van der Waals surface area (Å²) < 4.78 is 0. The average molecular weight is 244 g/mol. The molecule has 1 aromatic carbocycles. The van der Waals surface area contributed by atoms with Crippen molar-refractivity contribution in [1.29, 1.82) is 0 Å². The Balaban J connectivity index is 1.76. The standard InChI is InChI=1S/C17H25N/c1-14-8-6-12-17(15(14)2)18-13-7-11-16-9-4-3-5-10-16/h3-5,7,9-11,14-15,17-18H,6,8,12-13H2,1-2H3/p+1/b11-7+/t14-,15-,17-/m1/s1. The van der Waals surface area contributed by atoms with Crippen LogP contribution in [0.2, 0.25) is 0 Å². The monoisotopic (exact) mass is 244 g/mol. The van der Waals surface area contributed by atoms with Gasteiger partial charge < -0.3 is 5.32 Å². The molecule has 3 atom stereocenters. The van der Waals surface area contributed by atoms with E-state index >= 15 is 0 Å². The summed E-state index contributed by atoms with van der Waals surface area (Å²) in [6, 6.07) is 11.4. The molecule has 1 heteroatoms. The minimum absolute atomic E-state index is 0.828. The molecule has 1 saturated carbocycles. The molecule has 0 aromatic heterocycles. The van der Waals surface area contributed by atoms with Crippen LogP contribution in [0, 0.1) is 11.8 Å². The first-order valence-electron chi connectivity index (χ1n) is 7.32. The van der Waals surface area contributed by atoms with Gasteiger partial charge in [0.25, 0.3) is 0 Å². The van der Waals surface area contributed by atoms with Crippen molar-refractivity contribution in [3.63, 3.8) is 0 Å². The molecule has 0 aliphatic heterocycles. The summed E-state index contributed by atoms with van der Waals surface area (Å²) >= 11 is 0. The molecular weight excluding hydrogens is 218 g/mol. The topological polar surface area (TPSA) is 16.6 Å². The maximum Gasteiger partial charge on any atom is 0.0947 e. The van der Waals surface area contributed by atoms with Gasteiger partial charge in [0.05, 0.1) is 12.6 Å². The van der Waals surface area contributed by atoms with Crippen LogP contribution in [0.5, 0.6) is 0 Å². The summed E-state index contributed by atoms with van der Waals surface area (Å²) in [4.78, 5) is 0. The van der Waals surface area contributed by atoms with Crippen LogP contribution < -0.4 is 5.32 Å². The SMILES string of the molecule is C[C@@H]1[C@H](C)CCC[C@H]1[NH2+]C/C=C/c1ccccc1. The highest BCUT2D eigenvalue weighted by Crippen LogP contribution is 2.27. The zero-order valence-electron chi connectivity index (χ0n) is 11.7. The number of rotatable bonds is 4. The lowest BCUT2D eigenvalue weighted by Gasteiger charge is -2.31. The number of quaternary nitrogens is 1. The summed E-state index contributed by atoms with van der Waals surface area (Å²) in [6.45, 7) is 5.94. The lowest BCUT2D eigenvalue weighted by atomic mass is 9.78. The predicted octanol–water partition coefficient (Wildman–Crippen LogP) is 3.09. The van der Waals surface area contributed by atoms with Crippen molar-refractivity contribution in [2.75, 3.05) is 6.54 Å². The minimum Gasteiger partial charge on any atom is -0.340 e. The predicted molar refractivity (Wildman–Crippen MR) is 78.2 cm³/mol. The van der Waals surface area contributed by atoms with Crippen molar-refractivity contribution < 1.29 is 5.32 Å². The summed E-state index contributed by atoms with van der Waals surface area (Å²) in [5.41, 5.74) is 1.30. The molecule has 0 amide bonds. The van der Waals surface area contributed by atoms with Crippen molar-refractivity contribution in [3.8, 4) is 0 Å². The van der Waals surface area contributed by atoms with Gasteiger partial charge in [-0.05, 0) is 36.8 Å². The number of nitrogens with two attached hydrogens (primary N) is 1. The van der Waals surface area contributed by atoms with Gasteiger partial charge in [-0.15, -0.1) is 0 Å². The molecule has 2 rings (SSSR count). The third kappa shape index (κ3) is 3.71. The summed E-state index contributed by atoms with van der Waals surface area (Å²) in [6.07, 6.45) is 8.75. The van der Waals surface area contributed by atoms with E-state index in [4.69, 9.17) is 0 Å². The van der Waals surface area contributed by atoms with Crippen LogP contribution in [0.1, 0.15) is 38.7 Å². The third-order valence-electron chi connectivity index (χ3n) is 4.45. The zero-order valence-corrected chi connectivity index (χ0v) is 11.7. The van der Waals surface area contributed by atoms with E-state index in [2.05, 4.69) is 61.6 Å². The van der Waals surface area contributed by atoms with Crippen molar-refractivity contribution in [2.24, 2.45) is 11.8 Å². The Bertz CT molecular complexity index is 368. The third-order valence-corrected chi connectivity index (χ3v) is 4.45. The zero-order chi connectivity index (χ0) is 12.8. The second kappa shape index (κ2) is 6.75. The molecular formula is C17H26N+. The first kappa shape index (κ1) is 13.4. The van der Waals surface area contributed by atoms with Gasteiger partial charge in [-0.1, -0.05) is 50.3 Å². The fraction of sp³-hybridized carbons (Fsp3) is 0.529. The number of hydrogen-bond donors (Lipinski definition) is 1. The lowest BCUT2D eigenvalue weighted by molar-refractivity contribution is -0.691. The molecule has 0 unspecified atom stereocenters. The van der Waals surface area contributed by atoms with Gasteiger partial charge in [-0.3, -0.25) is 0 Å². The van der Waals surface area contributed by atoms with Crippen molar-refractivity contribution in [1.82, 2.24) is 0 Å². The van der Waals surface area contributed by atoms with Crippen molar-refractivity contribution in [2.45, 2.75) is 39.2 Å². The molecule has 98 valence electrons. The summed E-state index contributed by atoms with van der Waals surface area (Å²) in [5, 5.41) is 2.53. The largest absolute Gasteiger partial charge is 0.340 e. The normalized spacial score (nSPS) is 28.7. The Morgan fingerprint density at radius 2 is 1.94 bits per heavy atom. The maximum atomic E-state index is 2.53. The van der Waals surface area contributed by atoms with Crippen LogP contribution in [-0.4, -0.2) is 12.6 Å². The molecule has 0 radical (unpaired) electrons. The Morgan fingerprint density at radius 3 is 2.72 bits per heavy atom. The molecule has 2 N–H and O–H groups in total. The van der Waals surface area contributed by atoms with E-state index < -0.39 is 0 Å². The lowest BCUT2D eigenvalue weighted by Crippen LogP contribution is -2.91. The van der Waals surface area contributed by atoms with Gasteiger partial charge in [-0.25, -0.2) is 0 Å². The van der Waals surface area contributed by atoms with Crippen LogP contribution in [0.3, 0.4) is 0 Å². The number of benzene rings is 1. The quantitative estimate of drug-likeness (QED) is 0.838. The highest BCUT2D eigenvalue weighted by Gasteiger charge is 2.28.